The highest BCUT2D eigenvalue weighted by Gasteiger charge is 2.19. The lowest BCUT2D eigenvalue weighted by Gasteiger charge is -2.17. The Kier molecular flexibility index (Phi) is 3.54. The van der Waals surface area contributed by atoms with Gasteiger partial charge in [-0.2, -0.15) is 4.98 Å². The van der Waals surface area contributed by atoms with Crippen molar-refractivity contribution in [1.29, 1.82) is 0 Å². The molecule has 0 spiro atoms. The van der Waals surface area contributed by atoms with E-state index < -0.39 is 0 Å². The molecule has 1 heterocycles. The molecular formula is C11H13ClN2O. The summed E-state index contributed by atoms with van der Waals surface area (Å²) in [5.41, 5.74) is -0.168. The fourth-order valence-corrected chi connectivity index (χ4v) is 1.10. The lowest BCUT2D eigenvalue weighted by molar-refractivity contribution is 0.349. The molecule has 4 heteroatoms. The van der Waals surface area contributed by atoms with Crippen LogP contribution in [0.1, 0.15) is 26.6 Å². The highest BCUT2D eigenvalue weighted by atomic mass is 35.5. The molecule has 1 aromatic rings. The van der Waals surface area contributed by atoms with Gasteiger partial charge >= 0.3 is 0 Å². The van der Waals surface area contributed by atoms with E-state index in [4.69, 9.17) is 22.8 Å². The average molecular weight is 225 g/mol. The Hall–Kier alpha value is -1.27. The first kappa shape index (κ1) is 11.8. The van der Waals surface area contributed by atoms with Gasteiger partial charge in [-0.25, -0.2) is 4.98 Å². The number of hydrogen-bond acceptors (Lipinski definition) is 3. The van der Waals surface area contributed by atoms with Crippen LogP contribution in [0.5, 0.6) is 5.88 Å². The first-order valence-corrected chi connectivity index (χ1v) is 4.92. The molecule has 0 saturated carbocycles. The van der Waals surface area contributed by atoms with Gasteiger partial charge < -0.3 is 4.74 Å². The summed E-state index contributed by atoms with van der Waals surface area (Å²) in [7, 11) is 0. The Labute approximate surface area is 94.8 Å². The Morgan fingerprint density at radius 2 is 2.13 bits per heavy atom. The lowest BCUT2D eigenvalue weighted by Crippen LogP contribution is -2.16. The Morgan fingerprint density at radius 3 is 2.67 bits per heavy atom. The minimum absolute atomic E-state index is 0.168. The maximum absolute atomic E-state index is 5.85. The fraction of sp³-hybridized carbons (Fsp3) is 0.455. The van der Waals surface area contributed by atoms with E-state index in [0.717, 1.165) is 0 Å². The van der Waals surface area contributed by atoms with Gasteiger partial charge in [0.25, 0.3) is 0 Å². The maximum Gasteiger partial charge on any atom is 0.219 e. The van der Waals surface area contributed by atoms with Crippen molar-refractivity contribution < 1.29 is 4.74 Å². The van der Waals surface area contributed by atoms with Crippen molar-refractivity contribution in [2.24, 2.45) is 0 Å². The zero-order valence-electron chi connectivity index (χ0n) is 9.04. The van der Waals surface area contributed by atoms with Crippen molar-refractivity contribution in [2.45, 2.75) is 26.2 Å². The molecule has 0 aromatic carbocycles. The van der Waals surface area contributed by atoms with Crippen molar-refractivity contribution in [1.82, 2.24) is 9.97 Å². The first-order chi connectivity index (χ1) is 6.93. The topological polar surface area (TPSA) is 35.0 Å². The molecule has 0 aliphatic carbocycles. The van der Waals surface area contributed by atoms with Crippen LogP contribution < -0.4 is 4.74 Å². The molecule has 0 bridgehead atoms. The van der Waals surface area contributed by atoms with Gasteiger partial charge in [0.2, 0.25) is 5.88 Å². The van der Waals surface area contributed by atoms with E-state index in [-0.39, 0.29) is 12.0 Å². The number of hydrogen-bond donors (Lipinski definition) is 0. The minimum atomic E-state index is -0.168. The fourth-order valence-electron chi connectivity index (χ4n) is 0.922. The normalized spacial score (nSPS) is 10.9. The van der Waals surface area contributed by atoms with Gasteiger partial charge in [-0.3, -0.25) is 0 Å². The van der Waals surface area contributed by atoms with E-state index in [1.165, 1.54) is 0 Å². The molecule has 0 aliphatic rings. The third kappa shape index (κ3) is 3.41. The molecule has 0 unspecified atom stereocenters. The molecular weight excluding hydrogens is 212 g/mol. The van der Waals surface area contributed by atoms with E-state index >= 15 is 0 Å². The second kappa shape index (κ2) is 4.50. The summed E-state index contributed by atoms with van der Waals surface area (Å²) in [6, 6.07) is 1.55. The molecule has 0 fully saturated rings. The summed E-state index contributed by atoms with van der Waals surface area (Å²) in [6.45, 7) is 6.19. The molecule has 0 N–H and O–H groups in total. The summed E-state index contributed by atoms with van der Waals surface area (Å²) in [5, 5.41) is 0.363. The van der Waals surface area contributed by atoms with Crippen molar-refractivity contribution in [3.05, 3.63) is 17.0 Å². The number of ether oxygens (including phenoxy) is 1. The smallest absolute Gasteiger partial charge is 0.219 e. The summed E-state index contributed by atoms with van der Waals surface area (Å²) >= 11 is 5.85. The highest BCUT2D eigenvalue weighted by molar-refractivity contribution is 6.29. The maximum atomic E-state index is 5.85. The van der Waals surface area contributed by atoms with E-state index in [1.54, 1.807) is 6.07 Å². The Bertz CT molecular complexity index is 391. The zero-order chi connectivity index (χ0) is 11.5. The largest absolute Gasteiger partial charge is 0.464 e. The van der Waals surface area contributed by atoms with E-state index in [9.17, 15) is 0 Å². The van der Waals surface area contributed by atoms with Crippen molar-refractivity contribution in [3.63, 3.8) is 0 Å². The van der Waals surface area contributed by atoms with Crippen molar-refractivity contribution in [3.8, 4) is 18.2 Å². The van der Waals surface area contributed by atoms with Gasteiger partial charge in [0.15, 0.2) is 6.61 Å². The van der Waals surface area contributed by atoms with Crippen LogP contribution in [0.2, 0.25) is 5.15 Å². The summed E-state index contributed by atoms with van der Waals surface area (Å²) in [6.07, 6.45) is 5.09. The quantitative estimate of drug-likeness (QED) is 0.572. The molecule has 1 rings (SSSR count). The van der Waals surface area contributed by atoms with E-state index in [1.807, 2.05) is 20.8 Å². The lowest BCUT2D eigenvalue weighted by atomic mass is 9.96. The van der Waals surface area contributed by atoms with Gasteiger partial charge in [-0.05, 0) is 0 Å². The standard InChI is InChI=1S/C11H13ClN2O/c1-5-6-15-9-7-8(12)13-10(14-9)11(2,3)4/h1,7H,6H2,2-4H3. The van der Waals surface area contributed by atoms with Crippen LogP contribution in [0.3, 0.4) is 0 Å². The predicted octanol–water partition coefficient (Wildman–Crippen LogP) is 2.44. The van der Waals surface area contributed by atoms with Gasteiger partial charge in [-0.15, -0.1) is 6.42 Å². The van der Waals surface area contributed by atoms with Gasteiger partial charge in [0.1, 0.15) is 11.0 Å². The van der Waals surface area contributed by atoms with Gasteiger partial charge in [0, 0.05) is 11.5 Å². The minimum Gasteiger partial charge on any atom is -0.464 e. The van der Waals surface area contributed by atoms with Crippen LogP contribution in [0.15, 0.2) is 6.07 Å². The molecule has 0 atom stereocenters. The molecule has 0 aliphatic heterocycles. The highest BCUT2D eigenvalue weighted by Crippen LogP contribution is 2.22. The van der Waals surface area contributed by atoms with E-state index in [2.05, 4.69) is 15.9 Å². The van der Waals surface area contributed by atoms with Crippen molar-refractivity contribution in [2.75, 3.05) is 6.61 Å². The molecule has 80 valence electrons. The van der Waals surface area contributed by atoms with Crippen LogP contribution in [0, 0.1) is 12.3 Å². The predicted molar refractivity (Wildman–Crippen MR) is 60.1 cm³/mol. The van der Waals surface area contributed by atoms with Crippen LogP contribution in [0.4, 0.5) is 0 Å². The van der Waals surface area contributed by atoms with E-state index in [0.29, 0.717) is 16.9 Å². The third-order valence-electron chi connectivity index (χ3n) is 1.65. The first-order valence-electron chi connectivity index (χ1n) is 4.55. The number of nitrogens with zero attached hydrogens (tertiary/aromatic N) is 2. The number of rotatable bonds is 2. The van der Waals surface area contributed by atoms with Gasteiger partial charge in [-0.1, -0.05) is 38.3 Å². The monoisotopic (exact) mass is 224 g/mol. The average Bonchev–Trinajstić information content (AvgIpc) is 2.12. The number of halogens is 1. The Balaban J connectivity index is 3.01. The molecule has 1 aromatic heterocycles. The molecule has 0 amide bonds. The zero-order valence-corrected chi connectivity index (χ0v) is 9.80. The van der Waals surface area contributed by atoms with Crippen molar-refractivity contribution >= 4 is 11.6 Å². The van der Waals surface area contributed by atoms with Crippen LogP contribution in [0.25, 0.3) is 0 Å². The SMILES string of the molecule is C#CCOc1cc(Cl)nc(C(C)(C)C)n1. The summed E-state index contributed by atoms with van der Waals surface area (Å²) < 4.78 is 5.20. The van der Waals surface area contributed by atoms with Gasteiger partial charge in [0.05, 0.1) is 0 Å². The summed E-state index contributed by atoms with van der Waals surface area (Å²) in [4.78, 5) is 8.36. The van der Waals surface area contributed by atoms with Crippen LogP contribution >= 0.6 is 11.6 Å². The number of terminal acetylenes is 1. The Morgan fingerprint density at radius 1 is 1.47 bits per heavy atom. The molecule has 0 saturated heterocycles. The van der Waals surface area contributed by atoms with Crippen LogP contribution in [-0.4, -0.2) is 16.6 Å². The second-order valence-corrected chi connectivity index (χ2v) is 4.48. The van der Waals surface area contributed by atoms with Crippen LogP contribution in [-0.2, 0) is 5.41 Å². The second-order valence-electron chi connectivity index (χ2n) is 4.10. The molecule has 0 radical (unpaired) electrons. The molecule has 15 heavy (non-hydrogen) atoms. The third-order valence-corrected chi connectivity index (χ3v) is 1.84. The summed E-state index contributed by atoms with van der Waals surface area (Å²) in [5.74, 6) is 3.42. The molecule has 3 nitrogen and oxygen atoms in total. The number of aromatic nitrogens is 2.